The van der Waals surface area contributed by atoms with E-state index in [4.69, 9.17) is 9.98 Å². The monoisotopic (exact) mass is 306 g/mol. The Kier molecular flexibility index (Phi) is 5.15. The van der Waals surface area contributed by atoms with E-state index in [-0.39, 0.29) is 5.41 Å². The maximum atomic E-state index is 4.72. The van der Waals surface area contributed by atoms with Crippen LogP contribution in [0.25, 0.3) is 0 Å². The summed E-state index contributed by atoms with van der Waals surface area (Å²) in [6.07, 6.45) is 3.97. The van der Waals surface area contributed by atoms with Crippen molar-refractivity contribution < 1.29 is 0 Å². The molecular weight excluding hydrogens is 280 g/mol. The molecule has 0 spiro atoms. The van der Waals surface area contributed by atoms with Gasteiger partial charge in [0.25, 0.3) is 0 Å². The van der Waals surface area contributed by atoms with Crippen molar-refractivity contribution in [3.63, 3.8) is 0 Å². The quantitative estimate of drug-likeness (QED) is 0.614. The highest BCUT2D eigenvalue weighted by atomic mass is 14.8. The molecule has 23 heavy (non-hydrogen) atoms. The zero-order valence-corrected chi connectivity index (χ0v) is 15.0. The number of hydrogen-bond donors (Lipinski definition) is 0. The fraction of sp³-hybridized carbons (Fsp3) is 0.333. The Hall–Kier alpha value is -2.22. The maximum absolute atomic E-state index is 4.72. The molecule has 0 unspecified atom stereocenters. The van der Waals surface area contributed by atoms with E-state index in [0.717, 1.165) is 11.4 Å². The highest BCUT2D eigenvalue weighted by molar-refractivity contribution is 5.90. The van der Waals surface area contributed by atoms with Crippen LogP contribution in [0.5, 0.6) is 0 Å². The minimum absolute atomic E-state index is 0.205. The molecule has 0 heterocycles. The van der Waals surface area contributed by atoms with Crippen molar-refractivity contribution in [2.45, 2.75) is 41.5 Å². The van der Waals surface area contributed by atoms with Gasteiger partial charge in [0.15, 0.2) is 0 Å². The van der Waals surface area contributed by atoms with Crippen LogP contribution in [0.15, 0.2) is 46.4 Å². The smallest absolute Gasteiger partial charge is 0.0684 e. The zero-order chi connectivity index (χ0) is 17.0. The number of aryl methyl sites for hydroxylation is 4. The van der Waals surface area contributed by atoms with Crippen molar-refractivity contribution in [1.82, 2.24) is 0 Å². The fourth-order valence-corrected chi connectivity index (χ4v) is 2.51. The van der Waals surface area contributed by atoms with Crippen LogP contribution in [0.4, 0.5) is 11.4 Å². The van der Waals surface area contributed by atoms with Gasteiger partial charge in [-0.25, -0.2) is 0 Å². The van der Waals surface area contributed by atoms with Gasteiger partial charge in [-0.2, -0.15) is 0 Å². The summed E-state index contributed by atoms with van der Waals surface area (Å²) in [7, 11) is 0. The lowest BCUT2D eigenvalue weighted by Gasteiger charge is -2.14. The average molecular weight is 306 g/mol. The van der Waals surface area contributed by atoms with E-state index < -0.39 is 0 Å². The first-order valence-electron chi connectivity index (χ1n) is 8.03. The van der Waals surface area contributed by atoms with Crippen molar-refractivity contribution in [3.05, 3.63) is 58.7 Å². The summed E-state index contributed by atoms with van der Waals surface area (Å²) in [6, 6.07) is 12.5. The molecule has 2 aromatic rings. The topological polar surface area (TPSA) is 24.7 Å². The van der Waals surface area contributed by atoms with E-state index in [1.165, 1.54) is 22.3 Å². The highest BCUT2D eigenvalue weighted by Crippen LogP contribution is 2.26. The van der Waals surface area contributed by atoms with Crippen LogP contribution in [0, 0.1) is 33.1 Å². The van der Waals surface area contributed by atoms with Crippen LogP contribution >= 0.6 is 0 Å². The third kappa shape index (κ3) is 4.38. The molecule has 0 aliphatic rings. The van der Waals surface area contributed by atoms with Gasteiger partial charge in [0.2, 0.25) is 0 Å². The van der Waals surface area contributed by atoms with Crippen molar-refractivity contribution in [3.8, 4) is 0 Å². The van der Waals surface area contributed by atoms with Crippen LogP contribution < -0.4 is 0 Å². The van der Waals surface area contributed by atoms with E-state index >= 15 is 0 Å². The largest absolute Gasteiger partial charge is 0.260 e. The molecule has 0 aromatic heterocycles. The van der Waals surface area contributed by atoms with E-state index in [1.54, 1.807) is 0 Å². The lowest BCUT2D eigenvalue weighted by molar-refractivity contribution is 0.765. The predicted molar refractivity (Wildman–Crippen MR) is 102 cm³/mol. The van der Waals surface area contributed by atoms with Gasteiger partial charge in [-0.15, -0.1) is 0 Å². The van der Waals surface area contributed by atoms with E-state index in [2.05, 4.69) is 77.9 Å². The van der Waals surface area contributed by atoms with Crippen LogP contribution in [-0.4, -0.2) is 12.4 Å². The normalized spacial score (nSPS) is 12.4. The molecule has 0 radical (unpaired) electrons. The molecule has 0 fully saturated rings. The summed E-state index contributed by atoms with van der Waals surface area (Å²) < 4.78 is 0. The first-order valence-corrected chi connectivity index (χ1v) is 8.03. The minimum atomic E-state index is -0.205. The summed E-state index contributed by atoms with van der Waals surface area (Å²) in [5.41, 5.74) is 6.70. The molecular formula is C21H26N2. The molecule has 2 rings (SSSR count). The van der Waals surface area contributed by atoms with Gasteiger partial charge in [-0.3, -0.25) is 9.98 Å². The van der Waals surface area contributed by atoms with Gasteiger partial charge >= 0.3 is 0 Å². The zero-order valence-electron chi connectivity index (χ0n) is 15.0. The Labute approximate surface area is 140 Å². The summed E-state index contributed by atoms with van der Waals surface area (Å²) in [5, 5.41) is 0. The van der Waals surface area contributed by atoms with E-state index in [1.807, 2.05) is 12.4 Å². The summed E-state index contributed by atoms with van der Waals surface area (Å²) in [5.74, 6) is 0. The van der Waals surface area contributed by atoms with E-state index in [9.17, 15) is 0 Å². The Balaban J connectivity index is 2.25. The number of benzene rings is 2. The molecule has 2 heteroatoms. The Bertz CT molecular complexity index is 648. The molecule has 2 nitrogen and oxygen atoms in total. The van der Waals surface area contributed by atoms with Gasteiger partial charge in [-0.05, 0) is 63.8 Å². The molecule has 0 N–H and O–H groups in total. The highest BCUT2D eigenvalue weighted by Gasteiger charge is 2.13. The van der Waals surface area contributed by atoms with Crippen LogP contribution in [0.1, 0.15) is 36.1 Å². The second-order valence-corrected chi connectivity index (χ2v) is 6.82. The minimum Gasteiger partial charge on any atom is -0.260 e. The van der Waals surface area contributed by atoms with Gasteiger partial charge in [0, 0.05) is 17.8 Å². The number of para-hydroxylation sites is 2. The summed E-state index contributed by atoms with van der Waals surface area (Å²) in [4.78, 5) is 9.44. The number of aliphatic imine (C=N–C) groups is 2. The van der Waals surface area contributed by atoms with E-state index in [0.29, 0.717) is 0 Å². The Morgan fingerprint density at radius 3 is 1.26 bits per heavy atom. The van der Waals surface area contributed by atoms with Crippen molar-refractivity contribution in [2.24, 2.45) is 15.4 Å². The molecule has 0 atom stereocenters. The van der Waals surface area contributed by atoms with Crippen LogP contribution in [0.3, 0.4) is 0 Å². The lowest BCUT2D eigenvalue weighted by Crippen LogP contribution is -2.14. The molecule has 0 aliphatic heterocycles. The van der Waals surface area contributed by atoms with Gasteiger partial charge in [-0.1, -0.05) is 36.4 Å². The van der Waals surface area contributed by atoms with Crippen molar-refractivity contribution in [2.75, 3.05) is 0 Å². The molecule has 0 saturated heterocycles. The standard InChI is InChI=1S/C21H26N2/c1-15-9-7-10-16(2)19(15)22-13-21(5,6)14-23-20-17(3)11-8-12-18(20)4/h7-14H,1-6H3. The lowest BCUT2D eigenvalue weighted by atomic mass is 9.97. The molecule has 0 saturated carbocycles. The molecule has 120 valence electrons. The van der Waals surface area contributed by atoms with Gasteiger partial charge in [0.1, 0.15) is 0 Å². The van der Waals surface area contributed by atoms with Gasteiger partial charge in [0.05, 0.1) is 11.4 Å². The number of hydrogen-bond acceptors (Lipinski definition) is 2. The third-order valence-corrected chi connectivity index (χ3v) is 3.93. The summed E-state index contributed by atoms with van der Waals surface area (Å²) >= 11 is 0. The fourth-order valence-electron chi connectivity index (χ4n) is 2.51. The Morgan fingerprint density at radius 2 is 0.957 bits per heavy atom. The predicted octanol–water partition coefficient (Wildman–Crippen LogP) is 6.05. The Morgan fingerprint density at radius 1 is 0.652 bits per heavy atom. The van der Waals surface area contributed by atoms with Gasteiger partial charge < -0.3 is 0 Å². The van der Waals surface area contributed by atoms with Crippen LogP contribution in [-0.2, 0) is 0 Å². The van der Waals surface area contributed by atoms with Crippen molar-refractivity contribution >= 4 is 23.8 Å². The molecule has 0 aliphatic carbocycles. The van der Waals surface area contributed by atoms with Crippen LogP contribution in [0.2, 0.25) is 0 Å². The molecule has 0 amide bonds. The molecule has 0 bridgehead atoms. The van der Waals surface area contributed by atoms with Crippen molar-refractivity contribution in [1.29, 1.82) is 0 Å². The SMILES string of the molecule is Cc1cccc(C)c1N=CC(C)(C)C=Nc1c(C)cccc1C. The first-order chi connectivity index (χ1) is 10.8. The first kappa shape index (κ1) is 17.1. The maximum Gasteiger partial charge on any atom is 0.0684 e. The number of nitrogens with zero attached hydrogens (tertiary/aromatic N) is 2. The third-order valence-electron chi connectivity index (χ3n) is 3.93. The second kappa shape index (κ2) is 6.91. The molecule has 2 aromatic carbocycles. The second-order valence-electron chi connectivity index (χ2n) is 6.82. The summed E-state index contributed by atoms with van der Waals surface area (Å²) in [6.45, 7) is 12.6. The average Bonchev–Trinajstić information content (AvgIpc) is 2.46. The number of rotatable bonds is 4.